The molecule has 3 aromatic rings. The van der Waals surface area contributed by atoms with E-state index in [1.54, 1.807) is 0 Å². The Morgan fingerprint density at radius 1 is 1.24 bits per heavy atom. The molecule has 38 heavy (non-hydrogen) atoms. The number of aromatic nitrogens is 4. The van der Waals surface area contributed by atoms with Crippen LogP contribution in [0.1, 0.15) is 53.4 Å². The summed E-state index contributed by atoms with van der Waals surface area (Å²) in [7, 11) is 4.19. The van der Waals surface area contributed by atoms with Gasteiger partial charge < -0.3 is 33.3 Å². The largest absolute Gasteiger partial charge is 1.00 e. The lowest BCUT2D eigenvalue weighted by atomic mass is 10.0. The fourth-order valence-corrected chi connectivity index (χ4v) is 5.11. The van der Waals surface area contributed by atoms with Crippen LogP contribution in [0, 0.1) is 0 Å². The second-order valence-electron chi connectivity index (χ2n) is 9.20. The minimum absolute atomic E-state index is 0. The lowest BCUT2D eigenvalue weighted by Crippen LogP contribution is -3.00. The molecule has 1 fully saturated rings. The van der Waals surface area contributed by atoms with E-state index in [4.69, 9.17) is 17.3 Å². The Balaban J connectivity index is 0.00000253. The number of imidazole rings is 1. The molecular weight excluding hydrogens is 551 g/mol. The van der Waals surface area contributed by atoms with Crippen LogP contribution in [0.4, 0.5) is 5.82 Å². The molecule has 0 bridgehead atoms. The minimum atomic E-state index is -0.449. The summed E-state index contributed by atoms with van der Waals surface area (Å²) in [4.78, 5) is 38.2. The van der Waals surface area contributed by atoms with Gasteiger partial charge in [-0.05, 0) is 52.9 Å². The zero-order valence-corrected chi connectivity index (χ0v) is 24.4. The predicted octanol–water partition coefficient (Wildman–Crippen LogP) is -0.484. The molecule has 4 rings (SSSR count). The fourth-order valence-electron chi connectivity index (χ4n) is 4.98. The molecule has 1 aliphatic rings. The van der Waals surface area contributed by atoms with Gasteiger partial charge in [-0.2, -0.15) is 0 Å². The maximum absolute atomic E-state index is 13.3. The molecule has 0 spiro atoms. The molecule has 3 heterocycles. The molecule has 10 nitrogen and oxygen atoms in total. The van der Waals surface area contributed by atoms with E-state index in [1.165, 1.54) is 6.20 Å². The van der Waals surface area contributed by atoms with Crippen molar-refractivity contribution in [1.82, 2.24) is 29.7 Å². The number of anilines is 1. The summed E-state index contributed by atoms with van der Waals surface area (Å²) in [5.74, 6) is 0.545. The molecule has 208 valence electrons. The number of halogens is 3. The third kappa shape index (κ3) is 6.31. The fraction of sp³-hybridized carbons (Fsp3) is 0.480. The van der Waals surface area contributed by atoms with Crippen LogP contribution in [0.2, 0.25) is 5.15 Å². The first kappa shape index (κ1) is 31.6. The SMILES string of the molecule is CCn1c(CNC(=O)c2nc(Cl)cnc2N)[n+](CC)c2ccc(C(=O)N3CCC(N(C)C)CC3)cc21.Cl.[Cl-]. The maximum atomic E-state index is 13.3. The number of benzene rings is 1. The summed E-state index contributed by atoms with van der Waals surface area (Å²) in [6.45, 7) is 7.26. The average molecular weight is 586 g/mol. The van der Waals surface area contributed by atoms with Crippen molar-refractivity contribution < 1.29 is 26.6 Å². The van der Waals surface area contributed by atoms with Crippen molar-refractivity contribution in [2.24, 2.45) is 0 Å². The van der Waals surface area contributed by atoms with Gasteiger partial charge in [-0.25, -0.2) is 19.1 Å². The van der Waals surface area contributed by atoms with Gasteiger partial charge in [-0.3, -0.25) is 9.59 Å². The summed E-state index contributed by atoms with van der Waals surface area (Å²) in [6.07, 6.45) is 3.26. The first-order valence-electron chi connectivity index (χ1n) is 12.3. The van der Waals surface area contributed by atoms with E-state index >= 15 is 0 Å². The number of nitrogen functional groups attached to an aromatic ring is 1. The Hall–Kier alpha value is -2.66. The van der Waals surface area contributed by atoms with Crippen LogP contribution in [0.15, 0.2) is 24.4 Å². The third-order valence-corrected chi connectivity index (χ3v) is 7.12. The maximum Gasteiger partial charge on any atom is 0.277 e. The minimum Gasteiger partial charge on any atom is -1.00 e. The first-order valence-corrected chi connectivity index (χ1v) is 12.7. The van der Waals surface area contributed by atoms with Gasteiger partial charge in [0, 0.05) is 30.8 Å². The average Bonchev–Trinajstić information content (AvgIpc) is 3.19. The number of nitrogens with two attached hydrogens (primary N) is 1. The lowest BCUT2D eigenvalue weighted by Gasteiger charge is -2.35. The van der Waals surface area contributed by atoms with Gasteiger partial charge in [0.2, 0.25) is 0 Å². The lowest BCUT2D eigenvalue weighted by molar-refractivity contribution is -0.676. The van der Waals surface area contributed by atoms with Gasteiger partial charge in [0.25, 0.3) is 17.6 Å². The quantitative estimate of drug-likeness (QED) is 0.362. The molecule has 13 heteroatoms. The second kappa shape index (κ2) is 13.4. The molecule has 1 aromatic carbocycles. The van der Waals surface area contributed by atoms with E-state index in [2.05, 4.69) is 50.3 Å². The number of likely N-dealkylation sites (tertiary alicyclic amines) is 1. The predicted molar refractivity (Wildman–Crippen MR) is 146 cm³/mol. The Labute approximate surface area is 240 Å². The highest BCUT2D eigenvalue weighted by Gasteiger charge is 2.28. The van der Waals surface area contributed by atoms with Crippen LogP contribution < -0.4 is 28.0 Å². The molecule has 0 radical (unpaired) electrons. The number of fused-ring (bicyclic) bond motifs is 1. The van der Waals surface area contributed by atoms with Crippen LogP contribution in [-0.2, 0) is 19.6 Å². The van der Waals surface area contributed by atoms with Crippen LogP contribution in [-0.4, -0.2) is 69.4 Å². The van der Waals surface area contributed by atoms with Gasteiger partial charge in [0.15, 0.2) is 22.5 Å². The summed E-state index contributed by atoms with van der Waals surface area (Å²) in [5.41, 5.74) is 8.46. The van der Waals surface area contributed by atoms with Gasteiger partial charge in [0.05, 0.1) is 19.3 Å². The van der Waals surface area contributed by atoms with Crippen LogP contribution in [0.25, 0.3) is 11.0 Å². The zero-order chi connectivity index (χ0) is 26.0. The zero-order valence-electron chi connectivity index (χ0n) is 22.1. The topological polar surface area (TPSA) is 113 Å². The number of piperidine rings is 1. The number of rotatable bonds is 7. The number of nitrogens with zero attached hydrogens (tertiary/aromatic N) is 6. The summed E-state index contributed by atoms with van der Waals surface area (Å²) >= 11 is 5.89. The smallest absolute Gasteiger partial charge is 0.277 e. The van der Waals surface area contributed by atoms with E-state index in [0.29, 0.717) is 24.7 Å². The summed E-state index contributed by atoms with van der Waals surface area (Å²) in [6, 6.07) is 6.39. The second-order valence-corrected chi connectivity index (χ2v) is 9.59. The highest BCUT2D eigenvalue weighted by molar-refractivity contribution is 6.29. The van der Waals surface area contributed by atoms with E-state index < -0.39 is 5.91 Å². The molecule has 0 saturated carbocycles. The molecular formula is C25H35Cl3N8O2. The molecule has 3 N–H and O–H groups in total. The monoisotopic (exact) mass is 584 g/mol. The molecule has 1 saturated heterocycles. The third-order valence-electron chi connectivity index (χ3n) is 6.94. The Bertz CT molecular complexity index is 1290. The molecule has 2 aromatic heterocycles. The van der Waals surface area contributed by atoms with Crippen molar-refractivity contribution >= 4 is 52.7 Å². The van der Waals surface area contributed by atoms with Gasteiger partial charge >= 0.3 is 0 Å². The first-order chi connectivity index (χ1) is 17.2. The van der Waals surface area contributed by atoms with Gasteiger partial charge in [-0.15, -0.1) is 12.4 Å². The van der Waals surface area contributed by atoms with E-state index in [1.807, 2.05) is 30.0 Å². The number of carbonyl (C=O) groups excluding carboxylic acids is 2. The summed E-state index contributed by atoms with van der Waals surface area (Å²) < 4.78 is 4.27. The number of nitrogens with one attached hydrogen (secondary N) is 1. The van der Waals surface area contributed by atoms with Crippen LogP contribution in [0.3, 0.4) is 0 Å². The van der Waals surface area contributed by atoms with Crippen molar-refractivity contribution in [3.8, 4) is 0 Å². The van der Waals surface area contributed by atoms with Crippen molar-refractivity contribution in [2.75, 3.05) is 32.9 Å². The molecule has 0 unspecified atom stereocenters. The Kier molecular flexibility index (Phi) is 11.1. The number of aryl methyl sites for hydroxylation is 2. The number of hydrogen-bond acceptors (Lipinski definition) is 6. The van der Waals surface area contributed by atoms with Crippen molar-refractivity contribution in [3.05, 3.63) is 46.6 Å². The number of amides is 2. The van der Waals surface area contributed by atoms with E-state index in [9.17, 15) is 9.59 Å². The number of carbonyl (C=O) groups is 2. The molecule has 0 aliphatic carbocycles. The normalized spacial score (nSPS) is 13.8. The molecule has 0 atom stereocenters. The summed E-state index contributed by atoms with van der Waals surface area (Å²) in [5, 5.41) is 3.00. The van der Waals surface area contributed by atoms with Crippen LogP contribution >= 0.6 is 24.0 Å². The van der Waals surface area contributed by atoms with Gasteiger partial charge in [-0.1, -0.05) is 11.6 Å². The number of hydrogen-bond donors (Lipinski definition) is 2. The van der Waals surface area contributed by atoms with Crippen molar-refractivity contribution in [2.45, 2.75) is 52.4 Å². The standard InChI is InChI=1S/C25H33ClN8O2.2ClH/c1-5-33-18-8-7-16(25(36)32-11-9-17(10-12-32)31(3)4)13-19(18)34(6-2)21(33)15-29-24(35)22-23(27)28-14-20(26)30-22;;/h7-8,13-14,17H,5-6,9-12,15H2,1-4H3,(H2-,27,28,29,35);2*1H. The van der Waals surface area contributed by atoms with Crippen molar-refractivity contribution in [1.29, 1.82) is 0 Å². The van der Waals surface area contributed by atoms with Crippen LogP contribution in [0.5, 0.6) is 0 Å². The van der Waals surface area contributed by atoms with Gasteiger partial charge in [0.1, 0.15) is 11.7 Å². The molecule has 1 aliphatic heterocycles. The molecule has 2 amide bonds. The van der Waals surface area contributed by atoms with Crippen molar-refractivity contribution in [3.63, 3.8) is 0 Å². The Morgan fingerprint density at radius 2 is 1.92 bits per heavy atom. The Morgan fingerprint density at radius 3 is 2.53 bits per heavy atom. The van der Waals surface area contributed by atoms with E-state index in [0.717, 1.165) is 42.8 Å². The van der Waals surface area contributed by atoms with E-state index in [-0.39, 0.29) is 53.9 Å². The highest BCUT2D eigenvalue weighted by atomic mass is 35.5. The highest BCUT2D eigenvalue weighted by Crippen LogP contribution is 2.21.